The van der Waals surface area contributed by atoms with Crippen molar-refractivity contribution in [3.05, 3.63) is 0 Å². The van der Waals surface area contributed by atoms with Gasteiger partial charge in [-0.1, -0.05) is 58.3 Å². The summed E-state index contributed by atoms with van der Waals surface area (Å²) in [6.07, 6.45) is 18.0. The first kappa shape index (κ1) is 14.9. The Morgan fingerprint density at radius 3 is 2.40 bits per heavy atom. The predicted octanol–water partition coefficient (Wildman–Crippen LogP) is 5.15. The quantitative estimate of drug-likeness (QED) is 0.708. The molecule has 0 aromatic rings. The standard InChI is InChI=1S/C19H35N/c1-2-6-15-9-10-17(14-20-18-11-12-18)19(13-15)16-7-4-3-5-8-16/h15-20H,2-14H2,1H3. The van der Waals surface area contributed by atoms with Crippen molar-refractivity contribution < 1.29 is 0 Å². The van der Waals surface area contributed by atoms with Gasteiger partial charge in [0.15, 0.2) is 0 Å². The number of hydrogen-bond donors (Lipinski definition) is 1. The van der Waals surface area contributed by atoms with Crippen molar-refractivity contribution >= 4 is 0 Å². The van der Waals surface area contributed by atoms with E-state index >= 15 is 0 Å². The minimum atomic E-state index is 0.898. The van der Waals surface area contributed by atoms with E-state index < -0.39 is 0 Å². The molecule has 0 aromatic heterocycles. The molecule has 0 aliphatic heterocycles. The van der Waals surface area contributed by atoms with E-state index in [4.69, 9.17) is 0 Å². The number of hydrogen-bond acceptors (Lipinski definition) is 1. The van der Waals surface area contributed by atoms with Crippen molar-refractivity contribution in [2.45, 2.75) is 90.0 Å². The van der Waals surface area contributed by atoms with Crippen LogP contribution in [-0.4, -0.2) is 12.6 Å². The Kier molecular flexibility index (Phi) is 5.42. The Hall–Kier alpha value is -0.0400. The van der Waals surface area contributed by atoms with Crippen molar-refractivity contribution in [1.82, 2.24) is 5.32 Å². The molecule has 3 aliphatic carbocycles. The molecule has 0 amide bonds. The van der Waals surface area contributed by atoms with E-state index in [0.717, 1.165) is 29.7 Å². The minimum absolute atomic E-state index is 0.898. The van der Waals surface area contributed by atoms with Crippen molar-refractivity contribution in [2.75, 3.05) is 6.54 Å². The fourth-order valence-corrected chi connectivity index (χ4v) is 5.03. The lowest BCUT2D eigenvalue weighted by molar-refractivity contribution is 0.0914. The average molecular weight is 277 g/mol. The summed E-state index contributed by atoms with van der Waals surface area (Å²) in [5.41, 5.74) is 0. The molecule has 20 heavy (non-hydrogen) atoms. The second kappa shape index (κ2) is 7.29. The molecule has 0 spiro atoms. The fourth-order valence-electron chi connectivity index (χ4n) is 5.03. The molecule has 0 saturated heterocycles. The first-order valence-corrected chi connectivity index (χ1v) is 9.60. The monoisotopic (exact) mass is 277 g/mol. The zero-order chi connectivity index (χ0) is 13.8. The molecule has 3 saturated carbocycles. The van der Waals surface area contributed by atoms with Gasteiger partial charge in [-0.2, -0.15) is 0 Å². The van der Waals surface area contributed by atoms with Crippen molar-refractivity contribution in [2.24, 2.45) is 23.7 Å². The smallest absolute Gasteiger partial charge is 0.00683 e. The zero-order valence-electron chi connectivity index (χ0n) is 13.6. The average Bonchev–Trinajstić information content (AvgIpc) is 3.31. The first-order valence-electron chi connectivity index (χ1n) is 9.60. The van der Waals surface area contributed by atoms with Crippen LogP contribution in [0.15, 0.2) is 0 Å². The summed E-state index contributed by atoms with van der Waals surface area (Å²) in [5, 5.41) is 3.84. The highest BCUT2D eigenvalue weighted by Crippen LogP contribution is 2.44. The van der Waals surface area contributed by atoms with Crippen molar-refractivity contribution in [3.8, 4) is 0 Å². The van der Waals surface area contributed by atoms with Gasteiger partial charge in [0.05, 0.1) is 0 Å². The van der Waals surface area contributed by atoms with Crippen LogP contribution in [0.3, 0.4) is 0 Å². The maximum absolute atomic E-state index is 3.84. The SMILES string of the molecule is CCCC1CCC(CNC2CC2)C(C2CCCCC2)C1. The van der Waals surface area contributed by atoms with Crippen LogP contribution in [0.25, 0.3) is 0 Å². The Morgan fingerprint density at radius 2 is 1.70 bits per heavy atom. The minimum Gasteiger partial charge on any atom is -0.314 e. The second-order valence-corrected chi connectivity index (χ2v) is 7.97. The molecule has 3 atom stereocenters. The summed E-state index contributed by atoms with van der Waals surface area (Å²) in [6, 6.07) is 0.898. The summed E-state index contributed by atoms with van der Waals surface area (Å²) in [6.45, 7) is 3.71. The van der Waals surface area contributed by atoms with Crippen LogP contribution in [0.1, 0.15) is 84.0 Å². The molecule has 1 nitrogen and oxygen atoms in total. The van der Waals surface area contributed by atoms with Crippen molar-refractivity contribution in [3.63, 3.8) is 0 Å². The summed E-state index contributed by atoms with van der Waals surface area (Å²) >= 11 is 0. The van der Waals surface area contributed by atoms with E-state index in [2.05, 4.69) is 12.2 Å². The largest absolute Gasteiger partial charge is 0.314 e. The summed E-state index contributed by atoms with van der Waals surface area (Å²) < 4.78 is 0. The van der Waals surface area contributed by atoms with Gasteiger partial charge in [0, 0.05) is 6.04 Å². The maximum Gasteiger partial charge on any atom is 0.00683 e. The van der Waals surface area contributed by atoms with E-state index in [0.29, 0.717) is 0 Å². The molecule has 3 aliphatic rings. The van der Waals surface area contributed by atoms with E-state index in [1.54, 1.807) is 19.3 Å². The molecular weight excluding hydrogens is 242 g/mol. The fraction of sp³-hybridized carbons (Fsp3) is 1.00. The van der Waals surface area contributed by atoms with Crippen LogP contribution in [0.4, 0.5) is 0 Å². The summed E-state index contributed by atoms with van der Waals surface area (Å²) in [4.78, 5) is 0. The van der Waals surface area contributed by atoms with Crippen LogP contribution in [0.2, 0.25) is 0 Å². The number of rotatable bonds is 6. The Bertz CT molecular complexity index is 277. The second-order valence-electron chi connectivity index (χ2n) is 7.97. The van der Waals surface area contributed by atoms with Gasteiger partial charge in [0.25, 0.3) is 0 Å². The zero-order valence-corrected chi connectivity index (χ0v) is 13.6. The lowest BCUT2D eigenvalue weighted by atomic mass is 9.64. The molecule has 116 valence electrons. The lowest BCUT2D eigenvalue weighted by Crippen LogP contribution is -2.38. The summed E-state index contributed by atoms with van der Waals surface area (Å²) in [7, 11) is 0. The van der Waals surface area contributed by atoms with E-state index in [9.17, 15) is 0 Å². The van der Waals surface area contributed by atoms with E-state index in [1.165, 1.54) is 64.3 Å². The van der Waals surface area contributed by atoms with Gasteiger partial charge >= 0.3 is 0 Å². The molecule has 0 bridgehead atoms. The predicted molar refractivity (Wildman–Crippen MR) is 86.8 cm³/mol. The van der Waals surface area contributed by atoms with Crippen molar-refractivity contribution in [1.29, 1.82) is 0 Å². The van der Waals surface area contributed by atoms with Crippen LogP contribution in [0, 0.1) is 23.7 Å². The molecule has 3 rings (SSSR count). The van der Waals surface area contributed by atoms with E-state index in [-0.39, 0.29) is 0 Å². The lowest BCUT2D eigenvalue weighted by Gasteiger charge is -2.42. The highest BCUT2D eigenvalue weighted by molar-refractivity contribution is 4.89. The topological polar surface area (TPSA) is 12.0 Å². The van der Waals surface area contributed by atoms with Crippen LogP contribution in [0.5, 0.6) is 0 Å². The normalized spacial score (nSPS) is 36.1. The molecule has 1 heteroatoms. The Morgan fingerprint density at radius 1 is 0.900 bits per heavy atom. The van der Waals surface area contributed by atoms with Crippen LogP contribution in [-0.2, 0) is 0 Å². The maximum atomic E-state index is 3.84. The molecule has 3 fully saturated rings. The third-order valence-corrected chi connectivity index (χ3v) is 6.36. The molecule has 0 radical (unpaired) electrons. The van der Waals surface area contributed by atoms with Crippen LogP contribution >= 0.6 is 0 Å². The molecular formula is C19H35N. The molecule has 1 N–H and O–H groups in total. The van der Waals surface area contributed by atoms with Gasteiger partial charge in [-0.3, -0.25) is 0 Å². The number of nitrogens with one attached hydrogen (secondary N) is 1. The van der Waals surface area contributed by atoms with Crippen LogP contribution < -0.4 is 5.32 Å². The molecule has 0 heterocycles. The molecule has 3 unspecified atom stereocenters. The van der Waals surface area contributed by atoms with Gasteiger partial charge in [0.1, 0.15) is 0 Å². The highest BCUT2D eigenvalue weighted by Gasteiger charge is 2.36. The van der Waals surface area contributed by atoms with Gasteiger partial charge < -0.3 is 5.32 Å². The first-order chi connectivity index (χ1) is 9.86. The van der Waals surface area contributed by atoms with Gasteiger partial charge in [-0.05, 0) is 55.9 Å². The van der Waals surface area contributed by atoms with Gasteiger partial charge in [-0.25, -0.2) is 0 Å². The Labute approximate surface area is 126 Å². The summed E-state index contributed by atoms with van der Waals surface area (Å²) in [5.74, 6) is 4.21. The van der Waals surface area contributed by atoms with Gasteiger partial charge in [-0.15, -0.1) is 0 Å². The van der Waals surface area contributed by atoms with E-state index in [1.807, 2.05) is 0 Å². The Balaban J connectivity index is 1.57. The third kappa shape index (κ3) is 4.00. The van der Waals surface area contributed by atoms with Gasteiger partial charge in [0.2, 0.25) is 0 Å². The molecule has 0 aromatic carbocycles. The highest BCUT2D eigenvalue weighted by atomic mass is 14.9. The third-order valence-electron chi connectivity index (χ3n) is 6.36.